The van der Waals surface area contributed by atoms with Crippen molar-refractivity contribution in [1.82, 2.24) is 24.6 Å². The van der Waals surface area contributed by atoms with Crippen LogP contribution in [0.25, 0.3) is 5.69 Å². The van der Waals surface area contributed by atoms with Crippen molar-refractivity contribution < 1.29 is 9.59 Å². The third kappa shape index (κ3) is 3.80. The monoisotopic (exact) mass is 377 g/mol. The summed E-state index contributed by atoms with van der Waals surface area (Å²) in [4.78, 5) is 38.3. The van der Waals surface area contributed by atoms with Crippen LogP contribution in [-0.2, 0) is 22.6 Å². The normalized spacial score (nSPS) is 14.4. The molecule has 1 aromatic heterocycles. The summed E-state index contributed by atoms with van der Waals surface area (Å²) in [5.41, 5.74) is 0.200. The van der Waals surface area contributed by atoms with Crippen molar-refractivity contribution in [2.75, 3.05) is 19.6 Å². The van der Waals surface area contributed by atoms with Gasteiger partial charge in [-0.05, 0) is 30.7 Å². The first-order chi connectivity index (χ1) is 12.5. The first kappa shape index (κ1) is 18.2. The zero-order valence-corrected chi connectivity index (χ0v) is 15.2. The van der Waals surface area contributed by atoms with Crippen molar-refractivity contribution >= 4 is 23.4 Å². The lowest BCUT2D eigenvalue weighted by Crippen LogP contribution is -2.51. The number of hydrogen-bond donors (Lipinski definition) is 1. The number of carbonyl (C=O) groups is 2. The maximum atomic E-state index is 12.8. The second-order valence-electron chi connectivity index (χ2n) is 6.09. The Morgan fingerprint density at radius 3 is 2.65 bits per heavy atom. The van der Waals surface area contributed by atoms with Crippen molar-refractivity contribution in [2.24, 2.45) is 0 Å². The second-order valence-corrected chi connectivity index (χ2v) is 6.52. The lowest BCUT2D eigenvalue weighted by atomic mass is 10.3. The fraction of sp³-hybridized carbons (Fsp3) is 0.412. The van der Waals surface area contributed by atoms with E-state index in [0.29, 0.717) is 36.0 Å². The molecule has 0 saturated carbocycles. The predicted octanol–water partition coefficient (Wildman–Crippen LogP) is 0.598. The van der Waals surface area contributed by atoms with Crippen LogP contribution in [-0.4, -0.2) is 50.7 Å². The summed E-state index contributed by atoms with van der Waals surface area (Å²) in [5, 5.41) is 7.63. The van der Waals surface area contributed by atoms with Gasteiger partial charge in [-0.2, -0.15) is 4.68 Å². The highest BCUT2D eigenvalue weighted by atomic mass is 35.5. The number of aromatic nitrogens is 3. The number of carbonyl (C=O) groups excluding carboxylic acids is 2. The topological polar surface area (TPSA) is 89.2 Å². The minimum atomic E-state index is -0.384. The minimum Gasteiger partial charge on any atom is -0.353 e. The predicted molar refractivity (Wildman–Crippen MR) is 96.4 cm³/mol. The highest BCUT2D eigenvalue weighted by Gasteiger charge is 2.24. The number of halogens is 1. The summed E-state index contributed by atoms with van der Waals surface area (Å²) in [7, 11) is 0. The molecule has 0 unspecified atom stereocenters. The van der Waals surface area contributed by atoms with E-state index >= 15 is 0 Å². The molecule has 1 saturated heterocycles. The van der Waals surface area contributed by atoms with Crippen LogP contribution in [0, 0.1) is 0 Å². The van der Waals surface area contributed by atoms with E-state index in [-0.39, 0.29) is 30.6 Å². The van der Waals surface area contributed by atoms with Crippen LogP contribution in [0.4, 0.5) is 0 Å². The van der Waals surface area contributed by atoms with Crippen LogP contribution in [0.2, 0.25) is 5.02 Å². The van der Waals surface area contributed by atoms with Crippen LogP contribution < -0.4 is 11.0 Å². The SMILES string of the molecule is CCCc1nn(-c2ccc(Cl)cc2)c(=O)n1CC(=O)N1CCNC(=O)C1. The molecule has 2 heterocycles. The summed E-state index contributed by atoms with van der Waals surface area (Å²) in [6, 6.07) is 6.76. The van der Waals surface area contributed by atoms with E-state index < -0.39 is 0 Å². The molecule has 0 aliphatic carbocycles. The van der Waals surface area contributed by atoms with Crippen LogP contribution in [0.3, 0.4) is 0 Å². The van der Waals surface area contributed by atoms with Gasteiger partial charge in [0.2, 0.25) is 11.8 Å². The van der Waals surface area contributed by atoms with E-state index in [2.05, 4.69) is 10.4 Å². The largest absolute Gasteiger partial charge is 0.353 e. The Bertz CT molecular complexity index is 872. The van der Waals surface area contributed by atoms with Crippen molar-refractivity contribution in [2.45, 2.75) is 26.3 Å². The zero-order chi connectivity index (χ0) is 18.7. The number of nitrogens with one attached hydrogen (secondary N) is 1. The first-order valence-electron chi connectivity index (χ1n) is 8.48. The lowest BCUT2D eigenvalue weighted by molar-refractivity contribution is -0.138. The molecule has 1 fully saturated rings. The average Bonchev–Trinajstić information content (AvgIpc) is 2.92. The number of amides is 2. The van der Waals surface area contributed by atoms with E-state index in [9.17, 15) is 14.4 Å². The summed E-state index contributed by atoms with van der Waals surface area (Å²) in [5.74, 6) is 0.0832. The quantitative estimate of drug-likeness (QED) is 0.826. The highest BCUT2D eigenvalue weighted by Crippen LogP contribution is 2.12. The van der Waals surface area contributed by atoms with Gasteiger partial charge < -0.3 is 10.2 Å². The van der Waals surface area contributed by atoms with Crippen LogP contribution in [0.5, 0.6) is 0 Å². The molecule has 1 aromatic carbocycles. The minimum absolute atomic E-state index is 0.0159. The number of nitrogens with zero attached hydrogens (tertiary/aromatic N) is 4. The van der Waals surface area contributed by atoms with Gasteiger partial charge in [-0.15, -0.1) is 5.10 Å². The molecule has 1 aliphatic rings. The Labute approximate surface area is 155 Å². The van der Waals surface area contributed by atoms with E-state index in [1.54, 1.807) is 24.3 Å². The third-order valence-corrected chi connectivity index (χ3v) is 4.42. The number of aryl methyl sites for hydroxylation is 1. The fourth-order valence-electron chi connectivity index (χ4n) is 2.84. The molecule has 0 atom stereocenters. The summed E-state index contributed by atoms with van der Waals surface area (Å²) in [6.07, 6.45) is 1.36. The van der Waals surface area contributed by atoms with Gasteiger partial charge in [-0.1, -0.05) is 18.5 Å². The number of hydrogen-bond acceptors (Lipinski definition) is 4. The maximum Gasteiger partial charge on any atom is 0.351 e. The molecule has 0 bridgehead atoms. The molecular formula is C17H20ClN5O3. The summed E-state index contributed by atoms with van der Waals surface area (Å²) in [6.45, 7) is 2.73. The van der Waals surface area contributed by atoms with Crippen LogP contribution in [0.15, 0.2) is 29.1 Å². The first-order valence-corrected chi connectivity index (χ1v) is 8.86. The van der Waals surface area contributed by atoms with Crippen LogP contribution in [0.1, 0.15) is 19.2 Å². The summed E-state index contributed by atoms with van der Waals surface area (Å²) >= 11 is 5.90. The van der Waals surface area contributed by atoms with Gasteiger partial charge in [0, 0.05) is 24.5 Å². The summed E-state index contributed by atoms with van der Waals surface area (Å²) < 4.78 is 2.66. The second kappa shape index (κ2) is 7.74. The van der Waals surface area contributed by atoms with Gasteiger partial charge in [-0.3, -0.25) is 14.2 Å². The van der Waals surface area contributed by atoms with Gasteiger partial charge in [-0.25, -0.2) is 4.79 Å². The Kier molecular flexibility index (Phi) is 5.41. The van der Waals surface area contributed by atoms with E-state index in [0.717, 1.165) is 6.42 Å². The third-order valence-electron chi connectivity index (χ3n) is 4.17. The Morgan fingerprint density at radius 2 is 2.00 bits per heavy atom. The molecule has 9 heteroatoms. The smallest absolute Gasteiger partial charge is 0.351 e. The standard InChI is InChI=1S/C17H20ClN5O3/c1-2-3-14-20-23(13-6-4-12(18)5-7-13)17(26)22(14)11-16(25)21-9-8-19-15(24)10-21/h4-7H,2-3,8-11H2,1H3,(H,19,24). The molecule has 2 amide bonds. The molecule has 3 rings (SSSR count). The highest BCUT2D eigenvalue weighted by molar-refractivity contribution is 6.30. The van der Waals surface area contributed by atoms with E-state index in [1.165, 1.54) is 14.1 Å². The fourth-order valence-corrected chi connectivity index (χ4v) is 2.97. The number of benzene rings is 1. The molecular weight excluding hydrogens is 358 g/mol. The molecule has 0 radical (unpaired) electrons. The van der Waals surface area contributed by atoms with Gasteiger partial charge in [0.05, 0.1) is 12.2 Å². The van der Waals surface area contributed by atoms with Crippen molar-refractivity contribution in [3.8, 4) is 5.69 Å². The van der Waals surface area contributed by atoms with Gasteiger partial charge in [0.25, 0.3) is 0 Å². The van der Waals surface area contributed by atoms with E-state index in [4.69, 9.17) is 11.6 Å². The van der Waals surface area contributed by atoms with Crippen molar-refractivity contribution in [3.05, 3.63) is 45.6 Å². The maximum absolute atomic E-state index is 12.8. The average molecular weight is 378 g/mol. The lowest BCUT2D eigenvalue weighted by Gasteiger charge is -2.26. The Morgan fingerprint density at radius 1 is 1.27 bits per heavy atom. The van der Waals surface area contributed by atoms with E-state index in [1.807, 2.05) is 6.92 Å². The molecule has 0 spiro atoms. The molecule has 26 heavy (non-hydrogen) atoms. The zero-order valence-electron chi connectivity index (χ0n) is 14.4. The van der Waals surface area contributed by atoms with Gasteiger partial charge >= 0.3 is 5.69 Å². The van der Waals surface area contributed by atoms with Crippen molar-refractivity contribution in [1.29, 1.82) is 0 Å². The Hall–Kier alpha value is -2.61. The number of rotatable bonds is 5. The molecule has 1 aliphatic heterocycles. The van der Waals surface area contributed by atoms with Gasteiger partial charge in [0.1, 0.15) is 12.4 Å². The Balaban J connectivity index is 1.90. The van der Waals surface area contributed by atoms with Crippen LogP contribution >= 0.6 is 11.6 Å². The van der Waals surface area contributed by atoms with Crippen molar-refractivity contribution in [3.63, 3.8) is 0 Å². The molecule has 138 valence electrons. The molecule has 8 nitrogen and oxygen atoms in total. The number of piperazine rings is 1. The molecule has 2 aromatic rings. The van der Waals surface area contributed by atoms with Gasteiger partial charge in [0.15, 0.2) is 0 Å². The molecule has 1 N–H and O–H groups in total.